The molecular weight excluding hydrogens is 364 g/mol. The molecule has 0 radical (unpaired) electrons. The number of hydrogen-bond donors (Lipinski definition) is 2. The van der Waals surface area contributed by atoms with Crippen LogP contribution < -0.4 is 15.4 Å². The highest BCUT2D eigenvalue weighted by Gasteiger charge is 2.42. The minimum absolute atomic E-state index is 0. The third-order valence-corrected chi connectivity index (χ3v) is 5.06. The molecule has 2 aromatic rings. The van der Waals surface area contributed by atoms with Crippen LogP contribution in [0, 0.1) is 13.8 Å². The van der Waals surface area contributed by atoms with Crippen LogP contribution in [0.2, 0.25) is 0 Å². The van der Waals surface area contributed by atoms with Crippen LogP contribution in [0.25, 0.3) is 0 Å². The lowest BCUT2D eigenvalue weighted by Gasteiger charge is -2.37. The third-order valence-electron chi connectivity index (χ3n) is 5.06. The first kappa shape index (κ1) is 21.3. The molecule has 1 aliphatic rings. The van der Waals surface area contributed by atoms with Crippen molar-refractivity contribution >= 4 is 18.3 Å². The molecule has 6 nitrogen and oxygen atoms in total. The number of aromatic nitrogens is 2. The Labute approximate surface area is 167 Å². The van der Waals surface area contributed by atoms with Gasteiger partial charge in [0, 0.05) is 12.4 Å². The molecule has 7 heteroatoms. The monoisotopic (exact) mass is 392 g/mol. The SMILES string of the molecule is Cc1cccc(C)c1OCC(C)NC(=O)C1(n2cccn2)CCNCC1.Cl. The zero-order chi connectivity index (χ0) is 18.6. The zero-order valence-electron chi connectivity index (χ0n) is 16.2. The van der Waals surface area contributed by atoms with Crippen molar-refractivity contribution in [3.63, 3.8) is 0 Å². The second kappa shape index (κ2) is 9.24. The molecule has 0 saturated carbocycles. The molecule has 0 bridgehead atoms. The van der Waals surface area contributed by atoms with Gasteiger partial charge in [-0.1, -0.05) is 18.2 Å². The summed E-state index contributed by atoms with van der Waals surface area (Å²) in [5.41, 5.74) is 1.59. The van der Waals surface area contributed by atoms with E-state index in [1.54, 1.807) is 6.20 Å². The molecule has 1 saturated heterocycles. The molecule has 2 N–H and O–H groups in total. The van der Waals surface area contributed by atoms with Gasteiger partial charge in [-0.3, -0.25) is 9.48 Å². The van der Waals surface area contributed by atoms with E-state index in [2.05, 4.69) is 15.7 Å². The number of rotatable bonds is 6. The van der Waals surface area contributed by atoms with Gasteiger partial charge in [-0.2, -0.15) is 5.10 Å². The highest BCUT2D eigenvalue weighted by molar-refractivity contribution is 5.85. The molecule has 148 valence electrons. The average molecular weight is 393 g/mol. The van der Waals surface area contributed by atoms with E-state index in [4.69, 9.17) is 4.74 Å². The van der Waals surface area contributed by atoms with Gasteiger partial charge >= 0.3 is 0 Å². The Balaban J connectivity index is 0.00000261. The number of hydrogen-bond acceptors (Lipinski definition) is 4. The van der Waals surface area contributed by atoms with Crippen molar-refractivity contribution in [2.24, 2.45) is 0 Å². The van der Waals surface area contributed by atoms with Crippen molar-refractivity contribution in [3.05, 3.63) is 47.8 Å². The number of ether oxygens (including phenoxy) is 1. The van der Waals surface area contributed by atoms with Crippen LogP contribution in [0.4, 0.5) is 0 Å². The highest BCUT2D eigenvalue weighted by atomic mass is 35.5. The number of piperidine rings is 1. The number of amides is 1. The van der Waals surface area contributed by atoms with E-state index >= 15 is 0 Å². The number of halogens is 1. The van der Waals surface area contributed by atoms with Gasteiger partial charge in [0.1, 0.15) is 17.9 Å². The van der Waals surface area contributed by atoms with Crippen LogP contribution in [0.5, 0.6) is 5.75 Å². The van der Waals surface area contributed by atoms with Crippen LogP contribution in [0.1, 0.15) is 30.9 Å². The van der Waals surface area contributed by atoms with Crippen molar-refractivity contribution in [2.45, 2.75) is 45.2 Å². The van der Waals surface area contributed by atoms with Gasteiger partial charge < -0.3 is 15.4 Å². The van der Waals surface area contributed by atoms with Crippen LogP contribution >= 0.6 is 12.4 Å². The lowest BCUT2D eigenvalue weighted by Crippen LogP contribution is -2.56. The summed E-state index contributed by atoms with van der Waals surface area (Å²) in [6.45, 7) is 8.09. The van der Waals surface area contributed by atoms with Gasteiger partial charge in [0.05, 0.1) is 6.04 Å². The minimum atomic E-state index is -0.623. The first-order valence-corrected chi connectivity index (χ1v) is 9.24. The molecule has 27 heavy (non-hydrogen) atoms. The minimum Gasteiger partial charge on any atom is -0.491 e. The maximum absolute atomic E-state index is 13.1. The van der Waals surface area contributed by atoms with Gasteiger partial charge in [-0.15, -0.1) is 12.4 Å². The molecule has 1 aromatic carbocycles. The second-order valence-electron chi connectivity index (χ2n) is 7.14. The molecule has 1 amide bonds. The van der Waals surface area contributed by atoms with Crippen molar-refractivity contribution < 1.29 is 9.53 Å². The first-order valence-electron chi connectivity index (χ1n) is 9.24. The number of para-hydroxylation sites is 1. The zero-order valence-corrected chi connectivity index (χ0v) is 17.0. The van der Waals surface area contributed by atoms with Gasteiger partial charge in [-0.05, 0) is 63.9 Å². The van der Waals surface area contributed by atoms with Crippen LogP contribution in [0.3, 0.4) is 0 Å². The largest absolute Gasteiger partial charge is 0.491 e. The first-order chi connectivity index (χ1) is 12.5. The number of aryl methyl sites for hydroxylation is 2. The molecule has 1 unspecified atom stereocenters. The number of nitrogens with zero attached hydrogens (tertiary/aromatic N) is 2. The smallest absolute Gasteiger partial charge is 0.248 e. The predicted molar refractivity (Wildman–Crippen MR) is 109 cm³/mol. The summed E-state index contributed by atoms with van der Waals surface area (Å²) in [4.78, 5) is 13.1. The Hall–Kier alpha value is -2.05. The third kappa shape index (κ3) is 4.62. The molecule has 1 aromatic heterocycles. The molecular formula is C20H29ClN4O2. The van der Waals surface area contributed by atoms with E-state index in [-0.39, 0.29) is 24.4 Å². The molecule has 2 heterocycles. The molecule has 1 aliphatic heterocycles. The van der Waals surface area contributed by atoms with E-state index < -0.39 is 5.54 Å². The van der Waals surface area contributed by atoms with Crippen molar-refractivity contribution in [2.75, 3.05) is 19.7 Å². The molecule has 1 atom stereocenters. The highest BCUT2D eigenvalue weighted by Crippen LogP contribution is 2.27. The molecule has 1 fully saturated rings. The van der Waals surface area contributed by atoms with Gasteiger partial charge in [-0.25, -0.2) is 0 Å². The summed E-state index contributed by atoms with van der Waals surface area (Å²) >= 11 is 0. The number of carbonyl (C=O) groups excluding carboxylic acids is 1. The number of carbonyl (C=O) groups is 1. The van der Waals surface area contributed by atoms with E-state index in [0.29, 0.717) is 6.61 Å². The summed E-state index contributed by atoms with van der Waals surface area (Å²) in [6.07, 6.45) is 5.06. The molecule has 0 aliphatic carbocycles. The Kier molecular flexibility index (Phi) is 7.27. The quantitative estimate of drug-likeness (QED) is 0.792. The van der Waals surface area contributed by atoms with E-state index in [1.165, 1.54) is 0 Å². The maximum Gasteiger partial charge on any atom is 0.248 e. The van der Waals surface area contributed by atoms with Gasteiger partial charge in [0.15, 0.2) is 0 Å². The summed E-state index contributed by atoms with van der Waals surface area (Å²) in [5, 5.41) is 10.8. The summed E-state index contributed by atoms with van der Waals surface area (Å²) < 4.78 is 7.80. The van der Waals surface area contributed by atoms with E-state index in [1.807, 2.05) is 55.9 Å². The van der Waals surface area contributed by atoms with Crippen molar-refractivity contribution in [3.8, 4) is 5.75 Å². The van der Waals surface area contributed by atoms with Crippen molar-refractivity contribution in [1.29, 1.82) is 0 Å². The standard InChI is InChI=1S/C20H28N4O2.ClH/c1-15-6-4-7-16(2)18(15)26-14-17(3)23-19(25)20(8-11-21-12-9-20)24-13-5-10-22-24;/h4-7,10,13,17,21H,8-9,11-12,14H2,1-3H3,(H,23,25);1H. The fraction of sp³-hybridized carbons (Fsp3) is 0.500. The van der Waals surface area contributed by atoms with Gasteiger partial charge in [0.25, 0.3) is 0 Å². The molecule has 3 rings (SSSR count). The Bertz CT molecular complexity index is 722. The fourth-order valence-electron chi connectivity index (χ4n) is 3.56. The van der Waals surface area contributed by atoms with Crippen molar-refractivity contribution in [1.82, 2.24) is 20.4 Å². The van der Waals surface area contributed by atoms with Gasteiger partial charge in [0.2, 0.25) is 5.91 Å². The maximum atomic E-state index is 13.1. The topological polar surface area (TPSA) is 68.2 Å². The number of nitrogens with one attached hydrogen (secondary N) is 2. The van der Waals surface area contributed by atoms with Crippen LogP contribution in [-0.2, 0) is 10.3 Å². The summed E-state index contributed by atoms with van der Waals surface area (Å²) in [6, 6.07) is 7.86. The Morgan fingerprint density at radius 2 is 1.96 bits per heavy atom. The van der Waals surface area contributed by atoms with Crippen LogP contribution in [0.15, 0.2) is 36.7 Å². The number of benzene rings is 1. The predicted octanol–water partition coefficient (Wildman–Crippen LogP) is 2.58. The van der Waals surface area contributed by atoms with E-state index in [9.17, 15) is 4.79 Å². The summed E-state index contributed by atoms with van der Waals surface area (Å²) in [5.74, 6) is 0.914. The summed E-state index contributed by atoms with van der Waals surface area (Å²) in [7, 11) is 0. The lowest BCUT2D eigenvalue weighted by molar-refractivity contribution is -0.132. The second-order valence-corrected chi connectivity index (χ2v) is 7.14. The average Bonchev–Trinajstić information content (AvgIpc) is 3.17. The fourth-order valence-corrected chi connectivity index (χ4v) is 3.56. The van der Waals surface area contributed by atoms with E-state index in [0.717, 1.165) is 42.8 Å². The Morgan fingerprint density at radius 1 is 1.30 bits per heavy atom. The molecule has 0 spiro atoms. The Morgan fingerprint density at radius 3 is 2.56 bits per heavy atom. The van der Waals surface area contributed by atoms with Crippen LogP contribution in [-0.4, -0.2) is 41.4 Å². The lowest BCUT2D eigenvalue weighted by atomic mass is 9.87. The normalized spacial score (nSPS) is 16.9.